The molecule has 0 aromatic heterocycles. The van der Waals surface area contributed by atoms with Gasteiger partial charge in [0.15, 0.2) is 0 Å². The van der Waals surface area contributed by atoms with Crippen LogP contribution in [-0.4, -0.2) is 24.8 Å². The third-order valence-electron chi connectivity index (χ3n) is 2.95. The highest BCUT2D eigenvalue weighted by Gasteiger charge is 2.65. The second kappa shape index (κ2) is 8.99. The number of carbonyl (C=O) groups is 1. The van der Waals surface area contributed by atoms with Crippen LogP contribution in [0.15, 0.2) is 64.6 Å². The Morgan fingerprint density at radius 3 is 1.82 bits per heavy atom. The first kappa shape index (κ1) is 25.3. The van der Waals surface area contributed by atoms with Gasteiger partial charge in [0.25, 0.3) is 0 Å². The van der Waals surface area contributed by atoms with Gasteiger partial charge in [-0.25, -0.2) is 11.0 Å². The number of hydrazone groups is 1. The van der Waals surface area contributed by atoms with Crippen molar-refractivity contribution in [2.24, 2.45) is 22.4 Å². The molecule has 1 amide bonds. The summed E-state index contributed by atoms with van der Waals surface area (Å²) in [6.07, 6.45) is 0. The molecular formula is C16H22F5N5OS. The highest BCUT2D eigenvalue weighted by Crippen LogP contribution is 3.02. The first-order valence-corrected chi connectivity index (χ1v) is 9.42. The summed E-state index contributed by atoms with van der Waals surface area (Å²) in [4.78, 5) is 8.44. The Hall–Kier alpha value is -2.70. The number of hydrazine groups is 1. The zero-order valence-electron chi connectivity index (χ0n) is 14.9. The van der Waals surface area contributed by atoms with Gasteiger partial charge in [-0.15, -0.1) is 0 Å². The van der Waals surface area contributed by atoms with Gasteiger partial charge in [-0.1, -0.05) is 49.8 Å². The van der Waals surface area contributed by atoms with Gasteiger partial charge in [-0.2, -0.15) is 5.10 Å². The van der Waals surface area contributed by atoms with Gasteiger partial charge in [0.1, 0.15) is 4.90 Å². The van der Waals surface area contributed by atoms with Crippen LogP contribution in [0.1, 0.15) is 15.9 Å². The molecule has 0 aliphatic rings. The lowest BCUT2D eigenvalue weighted by atomic mass is 10.2. The van der Waals surface area contributed by atoms with Gasteiger partial charge >= 0.3 is 10.2 Å². The summed E-state index contributed by atoms with van der Waals surface area (Å²) in [5.74, 6) is 4.43. The second-order valence-electron chi connectivity index (χ2n) is 5.08. The van der Waals surface area contributed by atoms with Crippen LogP contribution in [0.3, 0.4) is 0 Å². The maximum Gasteiger partial charge on any atom is 0.310 e. The molecule has 2 aromatic rings. The number of benzene rings is 2. The number of nitrogens with zero attached hydrogens (tertiary/aromatic N) is 2. The highest BCUT2D eigenvalue weighted by atomic mass is 32.5. The lowest BCUT2D eigenvalue weighted by molar-refractivity contribution is 0.1000. The van der Waals surface area contributed by atoms with E-state index in [4.69, 9.17) is 11.6 Å². The molecular weight excluding hydrogens is 405 g/mol. The zero-order chi connectivity index (χ0) is 22.1. The Kier molecular flexibility index (Phi) is 8.13. The van der Waals surface area contributed by atoms with Gasteiger partial charge in [-0.05, 0) is 36.9 Å². The van der Waals surface area contributed by atoms with Crippen LogP contribution in [0.25, 0.3) is 0 Å². The fourth-order valence-electron chi connectivity index (χ4n) is 1.70. The van der Waals surface area contributed by atoms with E-state index < -0.39 is 21.0 Å². The molecule has 2 rings (SSSR count). The molecule has 0 fully saturated rings. The Bertz CT molecular complexity index is 770. The zero-order valence-corrected chi connectivity index (χ0v) is 15.8. The monoisotopic (exact) mass is 427 g/mol. The molecule has 0 spiro atoms. The molecule has 6 N–H and O–H groups in total. The van der Waals surface area contributed by atoms with Crippen LogP contribution in [0.2, 0.25) is 0 Å². The van der Waals surface area contributed by atoms with Crippen molar-refractivity contribution >= 4 is 22.8 Å². The van der Waals surface area contributed by atoms with Gasteiger partial charge in [0.05, 0.1) is 6.54 Å². The van der Waals surface area contributed by atoms with E-state index in [1.807, 2.05) is 30.3 Å². The van der Waals surface area contributed by atoms with E-state index >= 15 is 0 Å². The van der Waals surface area contributed by atoms with E-state index in [9.17, 15) is 24.2 Å². The van der Waals surface area contributed by atoms with Crippen molar-refractivity contribution in [3.05, 3.63) is 65.7 Å². The molecule has 0 heterocycles. The minimum Gasteiger partial charge on any atom is -0.366 e. The summed E-state index contributed by atoms with van der Waals surface area (Å²) < 4.78 is 60.8. The standard InChI is InChI=1S/C8H11N3.C7H6F5NOS.CH5N/c1-10-11(9)7-8-5-3-2-4-6-8;8-15(9,10,11,12)6-3-1-5(2-4-6)7(13)14;1-2/h2-6H,1,7,9H2;1-4H,(H2,13,14);2H2,1H3. The molecule has 0 saturated carbocycles. The summed E-state index contributed by atoms with van der Waals surface area (Å²) in [5, 5.41) is 4.85. The SMILES string of the molecule is C=NN(N)Cc1ccccc1.CN.NC(=O)c1ccc(S(F)(F)(F)(F)F)cc1. The molecule has 28 heavy (non-hydrogen) atoms. The fraction of sp³-hybridized carbons (Fsp3) is 0.125. The van der Waals surface area contributed by atoms with Crippen LogP contribution >= 0.6 is 10.2 Å². The normalized spacial score (nSPS) is 12.7. The minimum absolute atomic E-state index is 0.141. The Balaban J connectivity index is 0.000000497. The molecule has 6 nitrogen and oxygen atoms in total. The highest BCUT2D eigenvalue weighted by molar-refractivity contribution is 8.45. The molecule has 0 aliphatic carbocycles. The van der Waals surface area contributed by atoms with Gasteiger partial charge in [0.2, 0.25) is 5.91 Å². The van der Waals surface area contributed by atoms with E-state index in [1.165, 1.54) is 12.2 Å². The molecule has 0 unspecified atom stereocenters. The molecule has 0 atom stereocenters. The Morgan fingerprint density at radius 1 is 1.00 bits per heavy atom. The third kappa shape index (κ3) is 9.30. The fourth-order valence-corrected chi connectivity index (χ4v) is 2.35. The van der Waals surface area contributed by atoms with Crippen molar-refractivity contribution in [2.75, 3.05) is 7.05 Å². The number of halogens is 5. The van der Waals surface area contributed by atoms with E-state index in [0.29, 0.717) is 18.7 Å². The largest absolute Gasteiger partial charge is 0.366 e. The minimum atomic E-state index is -9.64. The summed E-state index contributed by atoms with van der Waals surface area (Å²) in [6.45, 7) is 3.91. The number of amides is 1. The first-order chi connectivity index (χ1) is 12.7. The molecule has 158 valence electrons. The van der Waals surface area contributed by atoms with Crippen molar-refractivity contribution in [1.82, 2.24) is 5.12 Å². The maximum atomic E-state index is 12.2. The lowest BCUT2D eigenvalue weighted by Crippen LogP contribution is -2.23. The molecule has 0 aliphatic heterocycles. The Labute approximate surface area is 159 Å². The van der Waals surface area contributed by atoms with Crippen molar-refractivity contribution < 1.29 is 24.2 Å². The molecule has 0 saturated heterocycles. The smallest absolute Gasteiger partial charge is 0.310 e. The summed E-state index contributed by atoms with van der Waals surface area (Å²) in [6, 6.07) is 11.4. The number of hydrogen-bond donors (Lipinski definition) is 3. The predicted octanol–water partition coefficient (Wildman–Crippen LogP) is 4.00. The van der Waals surface area contributed by atoms with Crippen molar-refractivity contribution in [2.45, 2.75) is 11.4 Å². The summed E-state index contributed by atoms with van der Waals surface area (Å²) >= 11 is 0. The van der Waals surface area contributed by atoms with E-state index in [-0.39, 0.29) is 17.7 Å². The third-order valence-corrected chi connectivity index (χ3v) is 4.12. The summed E-state index contributed by atoms with van der Waals surface area (Å²) in [5.41, 5.74) is 10.1. The molecule has 0 radical (unpaired) electrons. The van der Waals surface area contributed by atoms with E-state index in [2.05, 4.69) is 17.6 Å². The molecule has 0 bridgehead atoms. The Morgan fingerprint density at radius 2 is 1.46 bits per heavy atom. The number of nitrogens with two attached hydrogens (primary N) is 3. The maximum absolute atomic E-state index is 12.2. The average molecular weight is 427 g/mol. The number of primary amides is 1. The van der Waals surface area contributed by atoms with Crippen LogP contribution in [0.4, 0.5) is 19.4 Å². The number of carbonyl (C=O) groups excluding carboxylic acids is 1. The van der Waals surface area contributed by atoms with Crippen molar-refractivity contribution in [3.63, 3.8) is 0 Å². The van der Waals surface area contributed by atoms with Crippen LogP contribution in [-0.2, 0) is 6.54 Å². The lowest BCUT2D eigenvalue weighted by Gasteiger charge is -2.40. The number of rotatable bonds is 5. The van der Waals surface area contributed by atoms with Crippen molar-refractivity contribution in [3.8, 4) is 0 Å². The first-order valence-electron chi connectivity index (χ1n) is 7.47. The van der Waals surface area contributed by atoms with Gasteiger partial charge in [0, 0.05) is 12.3 Å². The van der Waals surface area contributed by atoms with Gasteiger partial charge < -0.3 is 11.5 Å². The van der Waals surface area contributed by atoms with Gasteiger partial charge in [-0.3, -0.25) is 4.79 Å². The summed E-state index contributed by atoms with van der Waals surface area (Å²) in [7, 11) is -8.14. The molecule has 12 heteroatoms. The average Bonchev–Trinajstić information content (AvgIpc) is 2.63. The molecule has 2 aromatic carbocycles. The van der Waals surface area contributed by atoms with E-state index in [1.54, 1.807) is 0 Å². The quantitative estimate of drug-likeness (QED) is 0.290. The number of hydrogen-bond acceptors (Lipinski definition) is 5. The van der Waals surface area contributed by atoms with Crippen molar-refractivity contribution in [1.29, 1.82) is 0 Å². The van der Waals surface area contributed by atoms with Crippen LogP contribution < -0.4 is 17.3 Å². The van der Waals surface area contributed by atoms with Crippen LogP contribution in [0, 0.1) is 0 Å². The van der Waals surface area contributed by atoms with Crippen LogP contribution in [0.5, 0.6) is 0 Å². The second-order valence-corrected chi connectivity index (χ2v) is 7.49. The van der Waals surface area contributed by atoms with E-state index in [0.717, 1.165) is 5.56 Å². The predicted molar refractivity (Wildman–Crippen MR) is 102 cm³/mol. The topological polar surface area (TPSA) is 111 Å².